The lowest BCUT2D eigenvalue weighted by molar-refractivity contribution is -0.137. The largest absolute Gasteiger partial charge is 0.416 e. The van der Waals surface area contributed by atoms with Crippen molar-refractivity contribution in [3.63, 3.8) is 0 Å². The SMILES string of the molecule is CC(C)c1ccc(NC(=O)C2Nc3cc(C(F)(F)F)ccc3S(=O)(=O)N2)cc1. The van der Waals surface area contributed by atoms with E-state index in [9.17, 15) is 26.4 Å². The van der Waals surface area contributed by atoms with Gasteiger partial charge in [-0.25, -0.2) is 8.42 Å². The van der Waals surface area contributed by atoms with Gasteiger partial charge in [-0.05, 0) is 41.8 Å². The third kappa shape index (κ3) is 4.12. The lowest BCUT2D eigenvalue weighted by Crippen LogP contribution is -2.51. The van der Waals surface area contributed by atoms with Gasteiger partial charge in [-0.1, -0.05) is 26.0 Å². The van der Waals surface area contributed by atoms with Crippen LogP contribution in [0.2, 0.25) is 0 Å². The van der Waals surface area contributed by atoms with Gasteiger partial charge in [0.25, 0.3) is 5.91 Å². The predicted octanol–water partition coefficient (Wildman–Crippen LogP) is 3.50. The fourth-order valence-electron chi connectivity index (χ4n) is 2.74. The average molecular weight is 413 g/mol. The van der Waals surface area contributed by atoms with Crippen LogP contribution in [0.1, 0.15) is 30.9 Å². The Balaban J connectivity index is 1.83. The lowest BCUT2D eigenvalue weighted by atomic mass is 10.0. The van der Waals surface area contributed by atoms with Crippen LogP contribution in [-0.2, 0) is 21.0 Å². The van der Waals surface area contributed by atoms with Gasteiger partial charge in [0.2, 0.25) is 10.0 Å². The Labute approximate surface area is 160 Å². The summed E-state index contributed by atoms with van der Waals surface area (Å²) >= 11 is 0. The minimum atomic E-state index is -4.64. The smallest absolute Gasteiger partial charge is 0.360 e. The van der Waals surface area contributed by atoms with Crippen LogP contribution in [0.5, 0.6) is 0 Å². The second kappa shape index (κ2) is 7.10. The number of hydrogen-bond donors (Lipinski definition) is 3. The van der Waals surface area contributed by atoms with Gasteiger partial charge in [0, 0.05) is 5.69 Å². The Morgan fingerprint density at radius 2 is 1.75 bits per heavy atom. The Kier molecular flexibility index (Phi) is 5.11. The highest BCUT2D eigenvalue weighted by Crippen LogP contribution is 2.35. The van der Waals surface area contributed by atoms with Crippen LogP contribution >= 0.6 is 0 Å². The fourth-order valence-corrected chi connectivity index (χ4v) is 4.00. The van der Waals surface area contributed by atoms with Gasteiger partial charge in [-0.3, -0.25) is 4.79 Å². The molecule has 10 heteroatoms. The number of carbonyl (C=O) groups excluding carboxylic acids is 1. The summed E-state index contributed by atoms with van der Waals surface area (Å²) in [5.41, 5.74) is 0.191. The molecule has 0 aliphatic carbocycles. The molecule has 6 nitrogen and oxygen atoms in total. The predicted molar refractivity (Wildman–Crippen MR) is 98.3 cm³/mol. The van der Waals surface area contributed by atoms with E-state index in [2.05, 4.69) is 15.4 Å². The maximum absolute atomic E-state index is 12.9. The van der Waals surface area contributed by atoms with Crippen LogP contribution in [0.3, 0.4) is 0 Å². The lowest BCUT2D eigenvalue weighted by Gasteiger charge is -2.27. The number of anilines is 2. The molecule has 0 radical (unpaired) electrons. The Morgan fingerprint density at radius 1 is 1.11 bits per heavy atom. The molecule has 0 spiro atoms. The number of amides is 1. The van der Waals surface area contributed by atoms with Crippen molar-refractivity contribution in [3.05, 3.63) is 53.6 Å². The van der Waals surface area contributed by atoms with Crippen molar-refractivity contribution in [3.8, 4) is 0 Å². The van der Waals surface area contributed by atoms with Crippen LogP contribution in [0.4, 0.5) is 24.5 Å². The van der Waals surface area contributed by atoms with Crippen LogP contribution in [0.15, 0.2) is 47.4 Å². The van der Waals surface area contributed by atoms with E-state index in [1.807, 2.05) is 26.0 Å². The molecule has 2 aromatic carbocycles. The van der Waals surface area contributed by atoms with E-state index in [1.165, 1.54) is 0 Å². The van der Waals surface area contributed by atoms with Crippen molar-refractivity contribution in [1.82, 2.24) is 4.72 Å². The minimum absolute atomic E-state index is 0.288. The van der Waals surface area contributed by atoms with Crippen molar-refractivity contribution in [2.45, 2.75) is 37.0 Å². The first kappa shape index (κ1) is 20.2. The number of alkyl halides is 3. The molecule has 3 rings (SSSR count). The molecule has 1 unspecified atom stereocenters. The molecular formula is C18H18F3N3O3S. The average Bonchev–Trinajstić information content (AvgIpc) is 2.60. The molecule has 0 fully saturated rings. The van der Waals surface area contributed by atoms with E-state index < -0.39 is 33.8 Å². The van der Waals surface area contributed by atoms with Gasteiger partial charge in [-0.2, -0.15) is 17.9 Å². The second-order valence-corrected chi connectivity index (χ2v) is 8.36. The standard InChI is InChI=1S/C18H18F3N3O3S/c1-10(2)11-3-6-13(7-4-11)22-17(25)16-23-14-9-12(18(19,20)21)5-8-15(14)28(26,27)24-16/h3-10,16,23-24H,1-2H3,(H,22,25). The van der Waals surface area contributed by atoms with Crippen molar-refractivity contribution in [2.24, 2.45) is 0 Å². The molecule has 0 aromatic heterocycles. The van der Waals surface area contributed by atoms with E-state index in [0.29, 0.717) is 23.7 Å². The summed E-state index contributed by atoms with van der Waals surface area (Å²) < 4.78 is 65.5. The molecule has 3 N–H and O–H groups in total. The first-order valence-corrected chi connectivity index (χ1v) is 9.86. The topological polar surface area (TPSA) is 87.3 Å². The number of halogens is 3. The highest BCUT2D eigenvalue weighted by Gasteiger charge is 2.37. The van der Waals surface area contributed by atoms with Crippen LogP contribution in [-0.4, -0.2) is 20.5 Å². The molecule has 1 heterocycles. The van der Waals surface area contributed by atoms with Crippen LogP contribution in [0, 0.1) is 0 Å². The number of carbonyl (C=O) groups is 1. The monoisotopic (exact) mass is 413 g/mol. The van der Waals surface area contributed by atoms with Gasteiger partial charge in [0.1, 0.15) is 4.90 Å². The minimum Gasteiger partial charge on any atom is -0.360 e. The molecule has 0 saturated heterocycles. The van der Waals surface area contributed by atoms with E-state index in [-0.39, 0.29) is 10.6 Å². The normalized spacial score (nSPS) is 18.3. The van der Waals surface area contributed by atoms with Crippen LogP contribution < -0.4 is 15.4 Å². The zero-order valence-electron chi connectivity index (χ0n) is 15.0. The number of rotatable bonds is 3. The van der Waals surface area contributed by atoms with Crippen molar-refractivity contribution >= 4 is 27.3 Å². The van der Waals surface area contributed by atoms with Gasteiger partial charge in [-0.15, -0.1) is 0 Å². The highest BCUT2D eigenvalue weighted by molar-refractivity contribution is 7.89. The molecule has 150 valence electrons. The number of hydrogen-bond acceptors (Lipinski definition) is 4. The summed E-state index contributed by atoms with van der Waals surface area (Å²) in [4.78, 5) is 12.1. The van der Waals surface area contributed by atoms with Crippen molar-refractivity contribution < 1.29 is 26.4 Å². The summed E-state index contributed by atoms with van der Waals surface area (Å²) in [7, 11) is -4.15. The Morgan fingerprint density at radius 3 is 2.32 bits per heavy atom. The second-order valence-electron chi connectivity index (χ2n) is 6.67. The van der Waals surface area contributed by atoms with Crippen LogP contribution in [0.25, 0.3) is 0 Å². The van der Waals surface area contributed by atoms with Crippen molar-refractivity contribution in [2.75, 3.05) is 10.6 Å². The third-order valence-electron chi connectivity index (χ3n) is 4.28. The Bertz CT molecular complexity index is 1000. The van der Waals surface area contributed by atoms with E-state index in [4.69, 9.17) is 0 Å². The number of nitrogens with one attached hydrogen (secondary N) is 3. The molecule has 1 atom stereocenters. The first-order valence-electron chi connectivity index (χ1n) is 8.38. The third-order valence-corrected chi connectivity index (χ3v) is 5.76. The molecule has 1 aliphatic rings. The molecule has 2 aromatic rings. The quantitative estimate of drug-likeness (QED) is 0.719. The van der Waals surface area contributed by atoms with E-state index in [1.54, 1.807) is 12.1 Å². The summed E-state index contributed by atoms with van der Waals surface area (Å²) in [5.74, 6) is -0.445. The molecule has 0 bridgehead atoms. The zero-order valence-corrected chi connectivity index (χ0v) is 15.8. The molecule has 28 heavy (non-hydrogen) atoms. The molecular weight excluding hydrogens is 395 g/mol. The number of fused-ring (bicyclic) bond motifs is 1. The summed E-state index contributed by atoms with van der Waals surface area (Å²) in [6, 6.07) is 9.18. The van der Waals surface area contributed by atoms with Crippen molar-refractivity contribution in [1.29, 1.82) is 0 Å². The number of sulfonamides is 1. The summed E-state index contributed by atoms with van der Waals surface area (Å²) in [6.07, 6.45) is -6.09. The van der Waals surface area contributed by atoms with Gasteiger partial charge in [0.05, 0.1) is 11.3 Å². The van der Waals surface area contributed by atoms with Gasteiger partial charge in [0.15, 0.2) is 6.17 Å². The molecule has 1 amide bonds. The molecule has 0 saturated carbocycles. The maximum atomic E-state index is 12.9. The highest BCUT2D eigenvalue weighted by atomic mass is 32.2. The van der Waals surface area contributed by atoms with E-state index in [0.717, 1.165) is 11.6 Å². The molecule has 1 aliphatic heterocycles. The van der Waals surface area contributed by atoms with Gasteiger partial charge < -0.3 is 10.6 Å². The van der Waals surface area contributed by atoms with E-state index >= 15 is 0 Å². The number of benzene rings is 2. The van der Waals surface area contributed by atoms with Gasteiger partial charge >= 0.3 is 6.18 Å². The summed E-state index contributed by atoms with van der Waals surface area (Å²) in [6.45, 7) is 4.03. The maximum Gasteiger partial charge on any atom is 0.416 e. The summed E-state index contributed by atoms with van der Waals surface area (Å²) in [5, 5.41) is 5.05. The first-order chi connectivity index (χ1) is 13.0. The zero-order chi connectivity index (χ0) is 20.7. The Hall–Kier alpha value is -2.59. The fraction of sp³-hybridized carbons (Fsp3) is 0.278.